The Labute approximate surface area is 561 Å². The van der Waals surface area contributed by atoms with Crippen molar-refractivity contribution in [2.24, 2.45) is 0 Å². The molecule has 0 spiro atoms. The van der Waals surface area contributed by atoms with Crippen LogP contribution in [0.2, 0.25) is 0 Å². The van der Waals surface area contributed by atoms with Gasteiger partial charge < -0.3 is 80.2 Å². The number of hydrogen-bond acceptors (Lipinski definition) is 31. The van der Waals surface area contributed by atoms with Gasteiger partial charge in [-0.25, -0.2) is 14.4 Å². The van der Waals surface area contributed by atoms with E-state index in [1.54, 1.807) is 31.2 Å². The van der Waals surface area contributed by atoms with E-state index in [1.807, 2.05) is 0 Å². The second-order valence-corrected chi connectivity index (χ2v) is 19.5. The fourth-order valence-electron chi connectivity index (χ4n) is 9.03. The third-order valence-corrected chi connectivity index (χ3v) is 13.5. The third kappa shape index (κ3) is 25.1. The van der Waals surface area contributed by atoms with E-state index < -0.39 is 126 Å². The number of rotatable bonds is 15. The summed E-state index contributed by atoms with van der Waals surface area (Å²) in [7, 11) is 3.92. The summed E-state index contributed by atoms with van der Waals surface area (Å²) in [6.45, 7) is 3.98. The Kier molecular flexibility index (Phi) is 37.1. The van der Waals surface area contributed by atoms with Gasteiger partial charge in [-0.3, -0.25) is 59.1 Å². The largest absolute Gasteiger partial charge is 1.00 e. The van der Waals surface area contributed by atoms with E-state index in [2.05, 4.69) is 24.3 Å². The zero-order valence-corrected chi connectivity index (χ0v) is 52.4. The summed E-state index contributed by atoms with van der Waals surface area (Å²) in [6, 6.07) is 9.98. The number of nitrogens with zero attached hydrogens (tertiary/aromatic N) is 10. The number of carboxylic acids is 1. The zero-order chi connectivity index (χ0) is 71.8. The van der Waals surface area contributed by atoms with Crippen LogP contribution in [0.4, 0.5) is 17.1 Å². The number of hydrogen-bond donors (Lipinski definition) is 8. The Hall–Kier alpha value is -12.0. The molecule has 3 amide bonds. The number of nitriles is 4. The molecule has 0 aromatic heterocycles. The van der Waals surface area contributed by atoms with Gasteiger partial charge >= 0.3 is 65.8 Å². The van der Waals surface area contributed by atoms with Crippen molar-refractivity contribution in [1.82, 2.24) is 20.0 Å². The average molecular weight is 1350 g/mol. The first kappa shape index (κ1) is 85.0. The monoisotopic (exact) mass is 1350 g/mol. The molecule has 0 aliphatic carbocycles. The molecule has 0 unspecified atom stereocenters. The van der Waals surface area contributed by atoms with Gasteiger partial charge in [0.15, 0.2) is 17.2 Å². The summed E-state index contributed by atoms with van der Waals surface area (Å²) in [4.78, 5) is 135. The molecule has 4 saturated heterocycles. The Balaban J connectivity index is 0.00000120. The van der Waals surface area contributed by atoms with Crippen LogP contribution in [-0.2, 0) is 57.3 Å². The number of nitro benzene ring substituents is 3. The number of methoxy groups -OCH3 is 3. The number of aldehydes is 1. The number of phenols is 6. The molecule has 3 aromatic rings. The van der Waals surface area contributed by atoms with E-state index in [1.165, 1.54) is 31.1 Å². The van der Waals surface area contributed by atoms with Gasteiger partial charge in [-0.1, -0.05) is 0 Å². The third-order valence-electron chi connectivity index (χ3n) is 13.5. The van der Waals surface area contributed by atoms with Crippen LogP contribution in [-0.4, -0.2) is 203 Å². The Morgan fingerprint density at radius 1 is 0.577 bits per heavy atom. The number of carbonyl (C=O) groups is 9. The number of ether oxygens (including phenoxy) is 4. The molecule has 7 rings (SSSR count). The fourth-order valence-corrected chi connectivity index (χ4v) is 9.03. The van der Waals surface area contributed by atoms with Crippen LogP contribution in [0.15, 0.2) is 47.5 Å². The molecule has 3 aromatic carbocycles. The van der Waals surface area contributed by atoms with Crippen molar-refractivity contribution in [3.63, 3.8) is 0 Å². The standard InChI is InChI=1S/C16H15N3O7.C15H13N3O7.C9H12N2O3.C7H5NO5.C6H11NO2.C5H7NO2.Li.H2O/c1-26-16(23)11-3-2-4-18(11)15(22)10(8-17)5-9-6-12(19(24)25)14(21)13(20)7-9;16-7-9(14(21)17-3-1-2-10(17)15(22)23)4-8-5-11(18(24)25)13(20)12(19)6-8;1-14-9(13)7-3-2-6-11(7)8(12)4-5-10;9-3-4-1-5(8(12)13)7(11)6(10)2-4;1-9-6(8)5-3-2-4-7-5;1-2-8-5(7)3-4-6;;/h5-7,11,20-21H,2-4H2,1H3;4-6,10,19-20H,1-3H2,(H,22,23);7H,2-4,6H2,1H3;1-3,10-11H;5,7H,2-4H2,1H3;2-3H2,1H3;;1H2/q;;;;;;+1;/p-1/b10-5+;9-4+;;;;;;/t11-;10-;7-;;5-;;;/m000.0.../s1. The summed E-state index contributed by atoms with van der Waals surface area (Å²) in [5.41, 5.74) is -3.21. The molecule has 0 saturated carbocycles. The molecule has 4 fully saturated rings. The number of aromatic hydroxyl groups is 6. The number of phenolic OH excluding ortho intramolecular Hbond substituents is 6. The molecule has 0 radical (unpaired) electrons. The number of nitrogens with one attached hydrogen (secondary N) is 1. The van der Waals surface area contributed by atoms with Gasteiger partial charge in [0.2, 0.25) is 23.2 Å². The van der Waals surface area contributed by atoms with Crippen LogP contribution in [0.25, 0.3) is 12.2 Å². The molecule has 4 atom stereocenters. The van der Waals surface area contributed by atoms with E-state index in [0.717, 1.165) is 79.3 Å². The summed E-state index contributed by atoms with van der Waals surface area (Å²) < 4.78 is 18.2. The summed E-state index contributed by atoms with van der Waals surface area (Å²) in [6.07, 6.45) is 7.20. The number of aliphatic carboxylic acids is 1. The van der Waals surface area contributed by atoms with Gasteiger partial charge in [0.25, 0.3) is 11.8 Å². The predicted octanol–water partition coefficient (Wildman–Crippen LogP) is 0.150. The van der Waals surface area contributed by atoms with Crippen LogP contribution >= 0.6 is 0 Å². The molecular formula is C58H64LiN11O27. The van der Waals surface area contributed by atoms with E-state index in [-0.39, 0.29) is 96.9 Å². The minimum Gasteiger partial charge on any atom is -0.870 e. The molecule has 514 valence electrons. The first-order chi connectivity index (χ1) is 45.0. The van der Waals surface area contributed by atoms with Gasteiger partial charge in [-0.15, -0.1) is 0 Å². The number of benzene rings is 3. The number of nitro groups is 3. The summed E-state index contributed by atoms with van der Waals surface area (Å²) in [5, 5.41) is 135. The molecule has 9 N–H and O–H groups in total. The van der Waals surface area contributed by atoms with Crippen molar-refractivity contribution in [2.75, 3.05) is 54.1 Å². The van der Waals surface area contributed by atoms with Crippen LogP contribution < -0.4 is 24.2 Å². The summed E-state index contributed by atoms with van der Waals surface area (Å²) in [5.74, 6) is -9.49. The maximum Gasteiger partial charge on any atom is 1.00 e. The maximum absolute atomic E-state index is 12.6. The fraction of sp³-hybridized carbons (Fsp3) is 0.397. The first-order valence-electron chi connectivity index (χ1n) is 27.8. The second kappa shape index (κ2) is 42.3. The number of carbonyl (C=O) groups excluding carboxylic acids is 8. The van der Waals surface area contributed by atoms with Gasteiger partial charge in [0.1, 0.15) is 66.6 Å². The molecule has 4 aliphatic rings. The summed E-state index contributed by atoms with van der Waals surface area (Å²) >= 11 is 0. The minimum absolute atomic E-state index is 0. The van der Waals surface area contributed by atoms with Crippen molar-refractivity contribution in [2.45, 2.75) is 95.3 Å². The molecule has 38 nitrogen and oxygen atoms in total. The Morgan fingerprint density at radius 2 is 0.948 bits per heavy atom. The molecule has 0 bridgehead atoms. The van der Waals surface area contributed by atoms with Crippen LogP contribution in [0.5, 0.6) is 34.5 Å². The second-order valence-electron chi connectivity index (χ2n) is 19.5. The normalized spacial score (nSPS) is 16.2. The SMILES string of the molecule is CCOC(=O)CC#N.COC(=O)[C@@H]1CCCN1.COC(=O)[C@@H]1CCCN1C(=O)/C(C#N)=C/c1cc(O)c(O)c([N+](=O)[O-])c1.COC(=O)[C@@H]1CCCN1C(=O)CC#N.N#C/C(=C\c1cc(O)c(O)c([N+](=O)[O-])c1)C(=O)N1CCC[C@H]1C(=O)O.O=Cc1cc(O)c(O)c([N+](=O)[O-])c1.[Li+].[OH-]. The Morgan fingerprint density at radius 3 is 1.29 bits per heavy atom. The maximum atomic E-state index is 12.6. The van der Waals surface area contributed by atoms with Gasteiger partial charge in [0.05, 0.1) is 54.8 Å². The van der Waals surface area contributed by atoms with Crippen LogP contribution in [0.3, 0.4) is 0 Å². The number of amides is 3. The molecular weight excluding hydrogens is 1290 g/mol. The van der Waals surface area contributed by atoms with Gasteiger partial charge in [-0.2, -0.15) is 21.0 Å². The van der Waals surface area contributed by atoms with Crippen molar-refractivity contribution in [3.05, 3.63) is 94.6 Å². The average Bonchev–Trinajstić information content (AvgIpc) is 1.65. The molecule has 97 heavy (non-hydrogen) atoms. The van der Waals surface area contributed by atoms with E-state index >= 15 is 0 Å². The number of likely N-dealkylation sites (tertiary alicyclic amines) is 3. The van der Waals surface area contributed by atoms with Crippen molar-refractivity contribution in [1.29, 1.82) is 21.0 Å². The van der Waals surface area contributed by atoms with Crippen molar-refractivity contribution >= 4 is 83.1 Å². The molecule has 39 heteroatoms. The van der Waals surface area contributed by atoms with Crippen molar-refractivity contribution < 1.29 is 137 Å². The predicted molar refractivity (Wildman–Crippen MR) is 320 cm³/mol. The van der Waals surface area contributed by atoms with Crippen molar-refractivity contribution in [3.8, 4) is 58.8 Å². The Bertz CT molecular complexity index is 3640. The topological polar surface area (TPSA) is 608 Å². The van der Waals surface area contributed by atoms with Gasteiger partial charge in [-0.05, 0) is 106 Å². The zero-order valence-electron chi connectivity index (χ0n) is 52.4. The molecule has 4 aliphatic heterocycles. The van der Waals surface area contributed by atoms with Crippen LogP contribution in [0, 0.1) is 75.7 Å². The van der Waals surface area contributed by atoms with E-state index in [9.17, 15) is 104 Å². The minimum atomic E-state index is -1.18. The first-order valence-corrected chi connectivity index (χ1v) is 27.8. The molecule has 4 heterocycles. The van der Waals surface area contributed by atoms with Gasteiger partial charge in [0, 0.05) is 43.4 Å². The number of esters is 4. The van der Waals surface area contributed by atoms with E-state index in [4.69, 9.17) is 25.8 Å². The number of carboxylic acid groups (broad SMARTS) is 1. The smallest absolute Gasteiger partial charge is 0.870 e. The quantitative estimate of drug-likeness (QED) is 0.0116. The van der Waals surface area contributed by atoms with E-state index in [0.29, 0.717) is 45.1 Å². The van der Waals surface area contributed by atoms with Crippen LogP contribution in [0.1, 0.15) is 92.6 Å².